The van der Waals surface area contributed by atoms with E-state index >= 15 is 0 Å². The number of anilines is 1. The van der Waals surface area contributed by atoms with E-state index in [1.807, 2.05) is 5.40 Å². The average molecular weight is 352 g/mol. The van der Waals surface area contributed by atoms with Gasteiger partial charge in [0.1, 0.15) is 22.7 Å². The van der Waals surface area contributed by atoms with Crippen molar-refractivity contribution in [1.29, 1.82) is 5.26 Å². The van der Waals surface area contributed by atoms with Crippen LogP contribution in [0.15, 0.2) is 63.9 Å². The second kappa shape index (κ2) is 7.24. The number of amides is 1. The Morgan fingerprint density at radius 3 is 2.48 bits per heavy atom. The summed E-state index contributed by atoms with van der Waals surface area (Å²) in [5, 5.41) is 13.4. The highest BCUT2D eigenvalue weighted by molar-refractivity contribution is 8.03. The van der Waals surface area contributed by atoms with Gasteiger partial charge < -0.3 is 9.73 Å². The molecule has 0 unspecified atom stereocenters. The number of hydrogen-bond donors (Lipinski definition) is 1. The first-order valence-corrected chi connectivity index (χ1v) is 8.22. The fraction of sp³-hybridized carbons (Fsp3) is 0.0526. The van der Waals surface area contributed by atoms with Crippen LogP contribution in [0.25, 0.3) is 11.3 Å². The van der Waals surface area contributed by atoms with E-state index in [0.29, 0.717) is 28.3 Å². The van der Waals surface area contributed by atoms with Crippen LogP contribution in [0.3, 0.4) is 0 Å². The van der Waals surface area contributed by atoms with Crippen molar-refractivity contribution in [2.75, 3.05) is 5.32 Å². The largest absolute Gasteiger partial charge is 0.461 e. The molecule has 4 nitrogen and oxygen atoms in total. The van der Waals surface area contributed by atoms with Gasteiger partial charge in [-0.2, -0.15) is 5.26 Å². The van der Waals surface area contributed by atoms with Crippen LogP contribution in [0.4, 0.5) is 10.1 Å². The molecular formula is C19H13FN2O2S. The Morgan fingerprint density at radius 2 is 1.84 bits per heavy atom. The molecule has 0 saturated heterocycles. The predicted octanol–water partition coefficient (Wildman–Crippen LogP) is 5.22. The lowest BCUT2D eigenvalue weighted by Crippen LogP contribution is -2.11. The molecular weight excluding hydrogens is 339 g/mol. The third-order valence-corrected chi connectivity index (χ3v) is 4.17. The van der Waals surface area contributed by atoms with E-state index in [2.05, 4.69) is 5.32 Å². The Morgan fingerprint density at radius 1 is 1.16 bits per heavy atom. The monoisotopic (exact) mass is 352 g/mol. The lowest BCUT2D eigenvalue weighted by Gasteiger charge is -2.04. The van der Waals surface area contributed by atoms with E-state index in [1.165, 1.54) is 12.1 Å². The van der Waals surface area contributed by atoms with Crippen molar-refractivity contribution in [3.8, 4) is 16.7 Å². The minimum atomic E-state index is -0.331. The summed E-state index contributed by atoms with van der Waals surface area (Å²) in [7, 11) is 0. The molecule has 0 aliphatic heterocycles. The maximum atomic E-state index is 13.0. The van der Waals surface area contributed by atoms with Crippen molar-refractivity contribution in [1.82, 2.24) is 0 Å². The highest BCUT2D eigenvalue weighted by atomic mass is 32.2. The van der Waals surface area contributed by atoms with E-state index in [-0.39, 0.29) is 11.7 Å². The Kier molecular flexibility index (Phi) is 4.87. The molecule has 1 N–H and O–H groups in total. The zero-order valence-corrected chi connectivity index (χ0v) is 14.1. The van der Waals surface area contributed by atoms with E-state index in [0.717, 1.165) is 16.7 Å². The molecule has 1 heterocycles. The normalized spacial score (nSPS) is 10.3. The van der Waals surface area contributed by atoms with Gasteiger partial charge in [0.15, 0.2) is 0 Å². The zero-order chi connectivity index (χ0) is 17.8. The Balaban J connectivity index is 1.78. The van der Waals surface area contributed by atoms with Crippen molar-refractivity contribution in [2.45, 2.75) is 11.8 Å². The molecule has 2 aromatic carbocycles. The number of nitrogens with zero attached hydrogens (tertiary/aromatic N) is 1. The highest BCUT2D eigenvalue weighted by Gasteiger charge is 2.16. The topological polar surface area (TPSA) is 66.0 Å². The van der Waals surface area contributed by atoms with Crippen molar-refractivity contribution in [2.24, 2.45) is 0 Å². The SMILES string of the molecule is Cc1oc(-c2ccc(F)cc2)cc1C(=O)Nc1ccc(SC#N)cc1. The van der Waals surface area contributed by atoms with Crippen LogP contribution >= 0.6 is 11.8 Å². The molecule has 0 spiro atoms. The van der Waals surface area contributed by atoms with Crippen LogP contribution in [0.1, 0.15) is 16.1 Å². The number of halogens is 1. The van der Waals surface area contributed by atoms with Gasteiger partial charge in [0.05, 0.1) is 5.56 Å². The second-order valence-corrected chi connectivity index (χ2v) is 6.12. The molecule has 25 heavy (non-hydrogen) atoms. The molecule has 6 heteroatoms. The van der Waals surface area contributed by atoms with Crippen molar-refractivity contribution < 1.29 is 13.6 Å². The maximum absolute atomic E-state index is 13.0. The lowest BCUT2D eigenvalue weighted by atomic mass is 10.1. The Bertz CT molecular complexity index is 941. The Labute approximate surface area is 148 Å². The van der Waals surface area contributed by atoms with Crippen LogP contribution in [-0.2, 0) is 0 Å². The van der Waals surface area contributed by atoms with Gasteiger partial charge in [0, 0.05) is 16.1 Å². The molecule has 3 aromatic rings. The van der Waals surface area contributed by atoms with Gasteiger partial charge in [-0.25, -0.2) is 4.39 Å². The fourth-order valence-electron chi connectivity index (χ4n) is 2.32. The molecule has 0 saturated carbocycles. The van der Waals surface area contributed by atoms with Crippen LogP contribution in [0.5, 0.6) is 0 Å². The van der Waals surface area contributed by atoms with E-state index in [1.54, 1.807) is 49.4 Å². The Hall–Kier alpha value is -3.04. The van der Waals surface area contributed by atoms with Gasteiger partial charge in [0.2, 0.25) is 0 Å². The standard InChI is InChI=1S/C19H13FN2O2S/c1-12-17(10-18(24-12)13-2-4-14(20)5-3-13)19(23)22-15-6-8-16(9-7-15)25-11-21/h2-10H,1H3,(H,22,23). The van der Waals surface area contributed by atoms with Crippen LogP contribution in [0.2, 0.25) is 0 Å². The van der Waals surface area contributed by atoms with Gasteiger partial charge in [0.25, 0.3) is 5.91 Å². The highest BCUT2D eigenvalue weighted by Crippen LogP contribution is 2.26. The number of nitriles is 1. The lowest BCUT2D eigenvalue weighted by molar-refractivity contribution is 0.102. The number of furan rings is 1. The first-order chi connectivity index (χ1) is 12.1. The summed E-state index contributed by atoms with van der Waals surface area (Å²) < 4.78 is 18.6. The fourth-order valence-corrected chi connectivity index (χ4v) is 2.70. The van der Waals surface area contributed by atoms with Gasteiger partial charge in [-0.05, 0) is 73.3 Å². The minimum Gasteiger partial charge on any atom is -0.461 e. The van der Waals surface area contributed by atoms with E-state index in [9.17, 15) is 9.18 Å². The van der Waals surface area contributed by atoms with Crippen molar-refractivity contribution >= 4 is 23.4 Å². The predicted molar refractivity (Wildman–Crippen MR) is 94.7 cm³/mol. The molecule has 1 amide bonds. The summed E-state index contributed by atoms with van der Waals surface area (Å²) in [6.07, 6.45) is 0. The minimum absolute atomic E-state index is 0.296. The van der Waals surface area contributed by atoms with Crippen molar-refractivity contribution in [3.05, 3.63) is 71.7 Å². The number of nitrogens with one attached hydrogen (secondary N) is 1. The summed E-state index contributed by atoms with van der Waals surface area (Å²) in [5.41, 5.74) is 1.73. The summed E-state index contributed by atoms with van der Waals surface area (Å²) in [6.45, 7) is 1.70. The van der Waals surface area contributed by atoms with E-state index in [4.69, 9.17) is 9.68 Å². The summed E-state index contributed by atoms with van der Waals surface area (Å²) in [4.78, 5) is 13.3. The number of rotatable bonds is 4. The summed E-state index contributed by atoms with van der Waals surface area (Å²) in [6, 6.07) is 14.5. The molecule has 3 rings (SSSR count). The number of carbonyl (C=O) groups excluding carboxylic acids is 1. The third kappa shape index (κ3) is 3.90. The summed E-state index contributed by atoms with van der Waals surface area (Å²) >= 11 is 1.05. The molecule has 124 valence electrons. The van der Waals surface area contributed by atoms with Crippen LogP contribution < -0.4 is 5.32 Å². The van der Waals surface area contributed by atoms with E-state index < -0.39 is 0 Å². The molecule has 0 atom stereocenters. The van der Waals surface area contributed by atoms with Gasteiger partial charge >= 0.3 is 0 Å². The second-order valence-electron chi connectivity index (χ2n) is 5.26. The molecule has 0 fully saturated rings. The number of aryl methyl sites for hydroxylation is 1. The number of benzene rings is 2. The zero-order valence-electron chi connectivity index (χ0n) is 13.2. The summed E-state index contributed by atoms with van der Waals surface area (Å²) in [5.74, 6) is 0.357. The van der Waals surface area contributed by atoms with Gasteiger partial charge in [-0.15, -0.1) is 0 Å². The average Bonchev–Trinajstić information content (AvgIpc) is 2.99. The number of thioether (sulfide) groups is 1. The van der Waals surface area contributed by atoms with Crippen molar-refractivity contribution in [3.63, 3.8) is 0 Å². The third-order valence-electron chi connectivity index (χ3n) is 3.57. The molecule has 0 radical (unpaired) electrons. The molecule has 0 bridgehead atoms. The van der Waals surface area contributed by atoms with Crippen LogP contribution in [0, 0.1) is 23.4 Å². The van der Waals surface area contributed by atoms with Gasteiger partial charge in [-0.3, -0.25) is 4.79 Å². The smallest absolute Gasteiger partial charge is 0.259 e. The maximum Gasteiger partial charge on any atom is 0.259 e. The molecule has 1 aromatic heterocycles. The number of hydrogen-bond acceptors (Lipinski definition) is 4. The first kappa shape index (κ1) is 16.8. The van der Waals surface area contributed by atoms with Crippen LogP contribution in [-0.4, -0.2) is 5.91 Å². The molecule has 0 aliphatic rings. The number of thiocyanates is 1. The first-order valence-electron chi connectivity index (χ1n) is 7.40. The quantitative estimate of drug-likeness (QED) is 0.516. The molecule has 0 aliphatic carbocycles. The number of carbonyl (C=O) groups is 1. The van der Waals surface area contributed by atoms with Gasteiger partial charge in [-0.1, -0.05) is 0 Å².